The molecule has 3 rings (SSSR count). The number of hydrogen-bond acceptors (Lipinski definition) is 2. The quantitative estimate of drug-likeness (QED) is 0.707. The van der Waals surface area contributed by atoms with Crippen LogP contribution >= 0.6 is 18.9 Å². The molecular weight excluding hydrogens is 241 g/mol. The smallest absolute Gasteiger partial charge is 0.208 e. The molecule has 0 bridgehead atoms. The molecule has 0 aliphatic carbocycles. The second-order valence-electron chi connectivity index (χ2n) is 4.61. The van der Waals surface area contributed by atoms with Crippen molar-refractivity contribution in [2.45, 2.75) is 31.4 Å². The normalized spacial score (nSPS) is 38.9. The van der Waals surface area contributed by atoms with Gasteiger partial charge in [-0.05, 0) is 36.6 Å². The zero-order valence-corrected chi connectivity index (χ0v) is 10.9. The Hall–Kier alpha value is -0.140. The van der Waals surface area contributed by atoms with Crippen LogP contribution in [0.1, 0.15) is 25.3 Å². The monoisotopic (exact) mass is 255 g/mol. The molecule has 2 aliphatic heterocycles. The van der Waals surface area contributed by atoms with E-state index in [1.807, 2.05) is 6.07 Å². The summed E-state index contributed by atoms with van der Waals surface area (Å²) < 4.78 is 8.40. The van der Waals surface area contributed by atoms with Crippen LogP contribution in [0.25, 0.3) is 0 Å². The highest BCUT2D eigenvalue weighted by Crippen LogP contribution is 2.64. The van der Waals surface area contributed by atoms with Gasteiger partial charge in [-0.25, -0.2) is 4.67 Å². The van der Waals surface area contributed by atoms with Gasteiger partial charge in [-0.2, -0.15) is 0 Å². The molecule has 0 radical (unpaired) electrons. The van der Waals surface area contributed by atoms with E-state index < -0.39 is 7.65 Å². The topological polar surface area (TPSA) is 12.5 Å². The summed E-state index contributed by atoms with van der Waals surface area (Å²) in [6.07, 6.45) is 2.43. The van der Waals surface area contributed by atoms with Crippen molar-refractivity contribution in [1.82, 2.24) is 4.67 Å². The summed E-state index contributed by atoms with van der Waals surface area (Å²) in [4.78, 5) is 0. The molecule has 0 saturated carbocycles. The van der Waals surface area contributed by atoms with Gasteiger partial charge in [-0.3, -0.25) is 0 Å². The molecule has 2 aliphatic rings. The van der Waals surface area contributed by atoms with Crippen LogP contribution in [-0.4, -0.2) is 17.3 Å². The molecule has 1 aromatic rings. The van der Waals surface area contributed by atoms with Gasteiger partial charge in [0.1, 0.15) is 5.60 Å². The molecule has 1 unspecified atom stereocenters. The predicted octanol–water partition coefficient (Wildman–Crippen LogP) is 3.86. The van der Waals surface area contributed by atoms with E-state index in [4.69, 9.17) is 15.8 Å². The Kier molecular flexibility index (Phi) is 2.72. The lowest BCUT2D eigenvalue weighted by atomic mass is 9.87. The zero-order valence-electron chi connectivity index (χ0n) is 9.27. The van der Waals surface area contributed by atoms with Gasteiger partial charge >= 0.3 is 0 Å². The van der Waals surface area contributed by atoms with Crippen LogP contribution in [0.5, 0.6) is 0 Å². The number of halogens is 1. The van der Waals surface area contributed by atoms with Crippen molar-refractivity contribution in [3.63, 3.8) is 0 Å². The van der Waals surface area contributed by atoms with Crippen LogP contribution in [0.4, 0.5) is 0 Å². The van der Waals surface area contributed by atoms with Crippen molar-refractivity contribution in [3.8, 4) is 0 Å². The second-order valence-corrected chi connectivity index (χ2v) is 6.63. The van der Waals surface area contributed by atoms with Crippen LogP contribution in [0, 0.1) is 0 Å². The molecule has 2 nitrogen and oxygen atoms in total. The Morgan fingerprint density at radius 1 is 1.44 bits per heavy atom. The van der Waals surface area contributed by atoms with E-state index in [1.165, 1.54) is 18.4 Å². The Balaban J connectivity index is 1.99. The van der Waals surface area contributed by atoms with E-state index in [0.717, 1.165) is 6.54 Å². The Morgan fingerprint density at radius 2 is 2.19 bits per heavy atom. The first-order valence-corrected chi connectivity index (χ1v) is 7.81. The number of fused-ring (bicyclic) bond motifs is 1. The van der Waals surface area contributed by atoms with Crippen LogP contribution in [-0.2, 0) is 10.1 Å². The van der Waals surface area contributed by atoms with Crippen LogP contribution in [0.3, 0.4) is 0 Å². The van der Waals surface area contributed by atoms with Crippen molar-refractivity contribution < 1.29 is 4.52 Å². The van der Waals surface area contributed by atoms with Crippen LogP contribution < -0.4 is 0 Å². The van der Waals surface area contributed by atoms with Gasteiger partial charge in [0, 0.05) is 6.54 Å². The third kappa shape index (κ3) is 1.52. The van der Waals surface area contributed by atoms with Crippen molar-refractivity contribution in [3.05, 3.63) is 35.9 Å². The second kappa shape index (κ2) is 3.96. The van der Waals surface area contributed by atoms with Gasteiger partial charge in [0.05, 0.1) is 6.04 Å². The highest BCUT2D eigenvalue weighted by molar-refractivity contribution is 7.78. The molecule has 2 saturated heterocycles. The summed E-state index contributed by atoms with van der Waals surface area (Å²) in [5.74, 6) is 0. The summed E-state index contributed by atoms with van der Waals surface area (Å²) in [7, 11) is -0.911. The van der Waals surface area contributed by atoms with E-state index in [-0.39, 0.29) is 5.60 Å². The molecule has 4 heteroatoms. The molecule has 1 aromatic carbocycles. The van der Waals surface area contributed by atoms with Gasteiger partial charge < -0.3 is 4.52 Å². The maximum Gasteiger partial charge on any atom is 0.208 e. The summed E-state index contributed by atoms with van der Waals surface area (Å²) in [5, 5.41) is 0. The molecule has 0 N–H and O–H groups in total. The van der Waals surface area contributed by atoms with Gasteiger partial charge in [-0.1, -0.05) is 30.3 Å². The average Bonchev–Trinajstić information content (AvgIpc) is 2.86. The number of hydrogen-bond donors (Lipinski definition) is 0. The fourth-order valence-electron chi connectivity index (χ4n) is 2.78. The molecule has 0 spiro atoms. The third-order valence-electron chi connectivity index (χ3n) is 3.67. The third-order valence-corrected chi connectivity index (χ3v) is 5.88. The van der Waals surface area contributed by atoms with Crippen molar-refractivity contribution >= 4 is 18.9 Å². The largest absolute Gasteiger partial charge is 0.319 e. The molecule has 2 heterocycles. The van der Waals surface area contributed by atoms with Crippen LogP contribution in [0.15, 0.2) is 30.3 Å². The van der Waals surface area contributed by atoms with E-state index in [1.54, 1.807) is 0 Å². The Morgan fingerprint density at radius 3 is 2.94 bits per heavy atom. The fourth-order valence-corrected chi connectivity index (χ4v) is 5.25. The lowest BCUT2D eigenvalue weighted by Crippen LogP contribution is -2.36. The zero-order chi connectivity index (χ0) is 11.2. The maximum absolute atomic E-state index is 6.32. The summed E-state index contributed by atoms with van der Waals surface area (Å²) in [6, 6.07) is 10.9. The fraction of sp³-hybridized carbons (Fsp3) is 0.500. The molecule has 86 valence electrons. The highest BCUT2D eigenvalue weighted by atomic mass is 35.7. The van der Waals surface area contributed by atoms with Gasteiger partial charge in [0.2, 0.25) is 7.65 Å². The summed E-state index contributed by atoms with van der Waals surface area (Å²) >= 11 is 6.32. The Bertz CT molecular complexity index is 388. The van der Waals surface area contributed by atoms with E-state index in [9.17, 15) is 0 Å². The standard InChI is InChI=1S/C12H15ClNOP/c1-12(10-6-3-2-4-7-10)11-8-5-9-14(11)16(13)15-12/h2-4,6-7,11H,5,8-9H2,1H3/t11-,12+,16?/m0/s1. The molecule has 0 aromatic heterocycles. The molecule has 2 fully saturated rings. The maximum atomic E-state index is 6.32. The minimum absolute atomic E-state index is 0.217. The Labute approximate surface area is 102 Å². The van der Waals surface area contributed by atoms with Crippen molar-refractivity contribution in [2.75, 3.05) is 6.54 Å². The first kappa shape index (κ1) is 11.0. The SMILES string of the molecule is C[C@]1(c2ccccc2)OP(Cl)N2CCC[C@H]21. The highest BCUT2D eigenvalue weighted by Gasteiger charge is 2.53. The van der Waals surface area contributed by atoms with Crippen molar-refractivity contribution in [2.24, 2.45) is 0 Å². The van der Waals surface area contributed by atoms with E-state index in [2.05, 4.69) is 35.9 Å². The first-order valence-electron chi connectivity index (χ1n) is 5.69. The van der Waals surface area contributed by atoms with Crippen LogP contribution in [0.2, 0.25) is 0 Å². The minimum atomic E-state index is -0.911. The lowest BCUT2D eigenvalue weighted by Gasteiger charge is -2.29. The summed E-state index contributed by atoms with van der Waals surface area (Å²) in [6.45, 7) is 3.26. The predicted molar refractivity (Wildman–Crippen MR) is 67.4 cm³/mol. The molecule has 3 atom stereocenters. The van der Waals surface area contributed by atoms with E-state index in [0.29, 0.717) is 6.04 Å². The average molecular weight is 256 g/mol. The first-order chi connectivity index (χ1) is 7.72. The number of nitrogens with zero attached hydrogens (tertiary/aromatic N) is 1. The van der Waals surface area contributed by atoms with Gasteiger partial charge in [0.15, 0.2) is 0 Å². The number of rotatable bonds is 1. The summed E-state index contributed by atoms with van der Waals surface area (Å²) in [5.41, 5.74) is 1.03. The molecule has 0 amide bonds. The lowest BCUT2D eigenvalue weighted by molar-refractivity contribution is 0.0897. The molecule has 16 heavy (non-hydrogen) atoms. The molecular formula is C12H15ClNOP. The van der Waals surface area contributed by atoms with Crippen molar-refractivity contribution in [1.29, 1.82) is 0 Å². The minimum Gasteiger partial charge on any atom is -0.319 e. The number of benzene rings is 1. The van der Waals surface area contributed by atoms with E-state index >= 15 is 0 Å². The van der Waals surface area contributed by atoms with Gasteiger partial charge in [-0.15, -0.1) is 0 Å². The van der Waals surface area contributed by atoms with Gasteiger partial charge in [0.25, 0.3) is 0 Å².